The summed E-state index contributed by atoms with van der Waals surface area (Å²) in [6.07, 6.45) is 6.44. The average Bonchev–Trinajstić information content (AvgIpc) is 2.31. The third kappa shape index (κ3) is 3.08. The molecule has 1 atom stereocenters. The highest BCUT2D eigenvalue weighted by Gasteiger charge is 2.23. The molecule has 1 saturated carbocycles. The van der Waals surface area contributed by atoms with Gasteiger partial charge in [0.15, 0.2) is 0 Å². The largest absolute Gasteiger partial charge is 0.327 e. The van der Waals surface area contributed by atoms with Crippen LogP contribution in [0.4, 0.5) is 0 Å². The Morgan fingerprint density at radius 3 is 2.38 bits per heavy atom. The van der Waals surface area contributed by atoms with Gasteiger partial charge in [0, 0.05) is 6.04 Å². The predicted molar refractivity (Wildman–Crippen MR) is 69.2 cm³/mol. The maximum absolute atomic E-state index is 6.33. The van der Waals surface area contributed by atoms with Crippen LogP contribution in [0, 0.1) is 11.8 Å². The first-order valence-electron chi connectivity index (χ1n) is 6.55. The van der Waals surface area contributed by atoms with E-state index in [4.69, 9.17) is 5.73 Å². The molecule has 1 aliphatic carbocycles. The second-order valence-corrected chi connectivity index (χ2v) is 5.37. The maximum Gasteiger partial charge on any atom is 0.0108 e. The van der Waals surface area contributed by atoms with Gasteiger partial charge in [-0.3, -0.25) is 0 Å². The average molecular weight is 217 g/mol. The van der Waals surface area contributed by atoms with E-state index in [2.05, 4.69) is 37.3 Å². The van der Waals surface area contributed by atoms with Crippen LogP contribution < -0.4 is 5.73 Å². The lowest BCUT2D eigenvalue weighted by Gasteiger charge is -2.30. The molecule has 1 fully saturated rings. The molecule has 0 aromatic heterocycles. The maximum atomic E-state index is 6.33. The molecule has 1 unspecified atom stereocenters. The number of nitrogens with two attached hydrogens (primary N) is 1. The van der Waals surface area contributed by atoms with Gasteiger partial charge >= 0.3 is 0 Å². The third-order valence-corrected chi connectivity index (χ3v) is 3.98. The zero-order chi connectivity index (χ0) is 11.4. The summed E-state index contributed by atoms with van der Waals surface area (Å²) in [5.74, 6) is 1.66. The number of benzene rings is 1. The van der Waals surface area contributed by atoms with E-state index in [0.29, 0.717) is 6.04 Å². The SMILES string of the molecule is CC1CCC(C(N)Cc2ccccc2)CC1. The fourth-order valence-electron chi connectivity index (χ4n) is 2.77. The molecule has 88 valence electrons. The van der Waals surface area contributed by atoms with Crippen LogP contribution in [0.5, 0.6) is 0 Å². The van der Waals surface area contributed by atoms with Crippen molar-refractivity contribution in [2.24, 2.45) is 17.6 Å². The number of hydrogen-bond donors (Lipinski definition) is 1. The zero-order valence-corrected chi connectivity index (χ0v) is 10.2. The highest BCUT2D eigenvalue weighted by atomic mass is 14.6. The van der Waals surface area contributed by atoms with Crippen LogP contribution in [0.25, 0.3) is 0 Å². The molecule has 1 nitrogen and oxygen atoms in total. The van der Waals surface area contributed by atoms with Crippen LogP contribution >= 0.6 is 0 Å². The molecule has 0 saturated heterocycles. The van der Waals surface area contributed by atoms with Crippen molar-refractivity contribution in [3.05, 3.63) is 35.9 Å². The molecule has 0 spiro atoms. The summed E-state index contributed by atoms with van der Waals surface area (Å²) in [7, 11) is 0. The van der Waals surface area contributed by atoms with Crippen molar-refractivity contribution in [2.75, 3.05) is 0 Å². The van der Waals surface area contributed by atoms with E-state index < -0.39 is 0 Å². The minimum absolute atomic E-state index is 0.356. The molecule has 0 bridgehead atoms. The van der Waals surface area contributed by atoms with Crippen LogP contribution in [0.3, 0.4) is 0 Å². The van der Waals surface area contributed by atoms with Gasteiger partial charge < -0.3 is 5.73 Å². The Balaban J connectivity index is 1.86. The lowest BCUT2D eigenvalue weighted by Crippen LogP contribution is -2.34. The first kappa shape index (κ1) is 11.7. The first-order valence-corrected chi connectivity index (χ1v) is 6.55. The smallest absolute Gasteiger partial charge is 0.0108 e. The molecular formula is C15H23N. The topological polar surface area (TPSA) is 26.0 Å². The van der Waals surface area contributed by atoms with Crippen molar-refractivity contribution < 1.29 is 0 Å². The van der Waals surface area contributed by atoms with Crippen LogP contribution in [0.2, 0.25) is 0 Å². The second kappa shape index (κ2) is 5.49. The van der Waals surface area contributed by atoms with Gasteiger partial charge in [-0.1, -0.05) is 50.1 Å². The Kier molecular flexibility index (Phi) is 4.00. The molecule has 1 heteroatoms. The molecular weight excluding hydrogens is 194 g/mol. The highest BCUT2D eigenvalue weighted by molar-refractivity contribution is 5.16. The van der Waals surface area contributed by atoms with Crippen LogP contribution in [0.1, 0.15) is 38.2 Å². The zero-order valence-electron chi connectivity index (χ0n) is 10.2. The fourth-order valence-corrected chi connectivity index (χ4v) is 2.77. The Labute approximate surface area is 99.0 Å². The van der Waals surface area contributed by atoms with Crippen LogP contribution in [-0.2, 0) is 6.42 Å². The van der Waals surface area contributed by atoms with Crippen molar-refractivity contribution >= 4 is 0 Å². The van der Waals surface area contributed by atoms with Gasteiger partial charge in [0.25, 0.3) is 0 Å². The summed E-state index contributed by atoms with van der Waals surface area (Å²) in [4.78, 5) is 0. The van der Waals surface area contributed by atoms with Crippen molar-refractivity contribution in [3.63, 3.8) is 0 Å². The molecule has 2 rings (SSSR count). The molecule has 1 aromatic carbocycles. The van der Waals surface area contributed by atoms with E-state index in [1.165, 1.54) is 31.2 Å². The van der Waals surface area contributed by atoms with Crippen LogP contribution in [-0.4, -0.2) is 6.04 Å². The van der Waals surface area contributed by atoms with E-state index >= 15 is 0 Å². The highest BCUT2D eigenvalue weighted by Crippen LogP contribution is 2.30. The standard InChI is InChI=1S/C15H23N/c1-12-7-9-14(10-8-12)15(16)11-13-5-3-2-4-6-13/h2-6,12,14-15H,7-11,16H2,1H3. The van der Waals surface area contributed by atoms with Gasteiger partial charge in [-0.25, -0.2) is 0 Å². The van der Waals surface area contributed by atoms with E-state index in [0.717, 1.165) is 18.3 Å². The number of hydrogen-bond acceptors (Lipinski definition) is 1. The lowest BCUT2D eigenvalue weighted by atomic mass is 9.78. The molecule has 1 aromatic rings. The van der Waals surface area contributed by atoms with Gasteiger partial charge in [-0.15, -0.1) is 0 Å². The summed E-state index contributed by atoms with van der Waals surface area (Å²) in [5.41, 5.74) is 7.71. The Morgan fingerprint density at radius 2 is 1.75 bits per heavy atom. The molecule has 1 aliphatic rings. The lowest BCUT2D eigenvalue weighted by molar-refractivity contribution is 0.253. The molecule has 0 aliphatic heterocycles. The minimum Gasteiger partial charge on any atom is -0.327 e. The molecule has 2 N–H and O–H groups in total. The van der Waals surface area contributed by atoms with E-state index in [1.54, 1.807) is 0 Å². The molecule has 0 heterocycles. The summed E-state index contributed by atoms with van der Waals surface area (Å²) in [5, 5.41) is 0. The monoisotopic (exact) mass is 217 g/mol. The van der Waals surface area contributed by atoms with Crippen molar-refractivity contribution in [2.45, 2.75) is 45.1 Å². The van der Waals surface area contributed by atoms with Crippen molar-refractivity contribution in [3.8, 4) is 0 Å². The Hall–Kier alpha value is -0.820. The van der Waals surface area contributed by atoms with Gasteiger partial charge in [-0.05, 0) is 36.7 Å². The Bertz CT molecular complexity index is 298. The fraction of sp³-hybridized carbons (Fsp3) is 0.600. The summed E-state index contributed by atoms with van der Waals surface area (Å²) in [6, 6.07) is 11.0. The van der Waals surface area contributed by atoms with Gasteiger partial charge in [0.05, 0.1) is 0 Å². The van der Waals surface area contributed by atoms with Gasteiger partial charge in [-0.2, -0.15) is 0 Å². The quantitative estimate of drug-likeness (QED) is 0.825. The second-order valence-electron chi connectivity index (χ2n) is 5.37. The summed E-state index contributed by atoms with van der Waals surface area (Å²) < 4.78 is 0. The summed E-state index contributed by atoms with van der Waals surface area (Å²) in [6.45, 7) is 2.36. The van der Waals surface area contributed by atoms with Crippen molar-refractivity contribution in [1.29, 1.82) is 0 Å². The third-order valence-electron chi connectivity index (χ3n) is 3.98. The number of rotatable bonds is 3. The molecule has 16 heavy (non-hydrogen) atoms. The first-order chi connectivity index (χ1) is 7.75. The van der Waals surface area contributed by atoms with E-state index in [1.807, 2.05) is 0 Å². The van der Waals surface area contributed by atoms with Gasteiger partial charge in [0.2, 0.25) is 0 Å². The normalized spacial score (nSPS) is 27.6. The van der Waals surface area contributed by atoms with Crippen LogP contribution in [0.15, 0.2) is 30.3 Å². The van der Waals surface area contributed by atoms with E-state index in [9.17, 15) is 0 Å². The Morgan fingerprint density at radius 1 is 1.12 bits per heavy atom. The predicted octanol–water partition coefficient (Wildman–Crippen LogP) is 3.38. The van der Waals surface area contributed by atoms with E-state index in [-0.39, 0.29) is 0 Å². The molecule has 0 radical (unpaired) electrons. The minimum atomic E-state index is 0.356. The van der Waals surface area contributed by atoms with Crippen molar-refractivity contribution in [1.82, 2.24) is 0 Å². The molecule has 0 amide bonds. The summed E-state index contributed by atoms with van der Waals surface area (Å²) >= 11 is 0. The van der Waals surface area contributed by atoms with Gasteiger partial charge in [0.1, 0.15) is 0 Å².